The Bertz CT molecular complexity index is 2710. The summed E-state index contributed by atoms with van der Waals surface area (Å²) in [5.74, 6) is -13.6. The van der Waals surface area contributed by atoms with Crippen LogP contribution in [-0.2, 0) is 30.8 Å². The number of hydrogen-bond acceptors (Lipinski definition) is 17. The van der Waals surface area contributed by atoms with Gasteiger partial charge in [0.25, 0.3) is 0 Å². The van der Waals surface area contributed by atoms with Gasteiger partial charge < -0.3 is 32.0 Å². The van der Waals surface area contributed by atoms with Crippen molar-refractivity contribution in [2.75, 3.05) is 75.4 Å². The highest BCUT2D eigenvalue weighted by Gasteiger charge is 2.30. The number of halogens is 6. The molecule has 370 valence electrons. The van der Waals surface area contributed by atoms with Crippen LogP contribution in [0.5, 0.6) is 11.5 Å². The molecule has 0 spiro atoms. The predicted octanol–water partition coefficient (Wildman–Crippen LogP) is 3.40. The second-order valence-electron chi connectivity index (χ2n) is 14.5. The molecule has 0 bridgehead atoms. The Morgan fingerprint density at radius 2 is 1.12 bits per heavy atom. The first-order valence-corrected chi connectivity index (χ1v) is 24.4. The van der Waals surface area contributed by atoms with E-state index in [1.165, 1.54) is 14.9 Å². The van der Waals surface area contributed by atoms with E-state index in [9.17, 15) is 57.0 Å². The van der Waals surface area contributed by atoms with Crippen LogP contribution in [0.4, 0.5) is 43.9 Å². The van der Waals surface area contributed by atoms with Crippen LogP contribution in [0.25, 0.3) is 0 Å². The van der Waals surface area contributed by atoms with Gasteiger partial charge in [0.15, 0.2) is 34.8 Å². The van der Waals surface area contributed by atoms with Crippen LogP contribution in [0, 0.1) is 34.9 Å². The van der Waals surface area contributed by atoms with E-state index in [2.05, 4.69) is 30.0 Å². The van der Waals surface area contributed by atoms with Gasteiger partial charge >= 0.3 is 0 Å². The van der Waals surface area contributed by atoms with Crippen LogP contribution < -0.4 is 32.0 Å². The van der Waals surface area contributed by atoms with Crippen LogP contribution in [0.1, 0.15) is 71.9 Å². The number of ketones is 2. The molecule has 2 aliphatic rings. The van der Waals surface area contributed by atoms with Crippen molar-refractivity contribution in [1.82, 2.24) is 28.5 Å². The molecule has 28 heteroatoms. The van der Waals surface area contributed by atoms with Crippen molar-refractivity contribution in [3.8, 4) is 11.5 Å². The smallest absolute Gasteiger partial charge is 0.224 e. The van der Waals surface area contributed by atoms with Crippen LogP contribution in [0.15, 0.2) is 29.7 Å². The van der Waals surface area contributed by atoms with E-state index in [4.69, 9.17) is 21.9 Å². The number of anilines is 3. The number of nitrogens with zero attached hydrogens (tertiary/aromatic N) is 6. The molecule has 2 saturated heterocycles. The molecule has 1 atom stereocenters. The molecular formula is C39H50F6N10O9S3. The highest BCUT2D eigenvalue weighted by molar-refractivity contribution is 7.88. The molecule has 1 unspecified atom stereocenters. The second kappa shape index (κ2) is 23.5. The largest absolute Gasteiger partial charge is 0.493 e. The molecule has 0 amide bonds. The van der Waals surface area contributed by atoms with Crippen molar-refractivity contribution in [3.05, 3.63) is 81.7 Å². The van der Waals surface area contributed by atoms with E-state index in [0.717, 1.165) is 45.7 Å². The van der Waals surface area contributed by atoms with Gasteiger partial charge in [-0.05, 0) is 37.8 Å². The number of benzene rings is 2. The molecule has 4 aromatic rings. The number of carbonyl (C=O) groups excluding carboxylic acids is 2. The normalized spacial score (nSPS) is 15.5. The molecule has 2 aromatic carbocycles. The van der Waals surface area contributed by atoms with Crippen molar-refractivity contribution in [2.45, 2.75) is 57.3 Å². The summed E-state index contributed by atoms with van der Waals surface area (Å²) in [6.45, 7) is 3.48. The molecule has 2 aliphatic heterocycles. The number of methoxy groups -OCH3 is 2. The number of piperidine rings is 2. The molecular weight excluding hydrogens is 963 g/mol. The summed E-state index contributed by atoms with van der Waals surface area (Å²) < 4.78 is 150. The topological polar surface area (TPSA) is 286 Å². The quantitative estimate of drug-likeness (QED) is 0.0685. The molecule has 6 rings (SSSR count). The predicted molar refractivity (Wildman–Crippen MR) is 236 cm³/mol. The Labute approximate surface area is 385 Å². The molecule has 0 aliphatic carbocycles. The third-order valence-corrected chi connectivity index (χ3v) is 13.7. The van der Waals surface area contributed by atoms with E-state index in [1.807, 2.05) is 0 Å². The highest BCUT2D eigenvalue weighted by Crippen LogP contribution is 2.32. The van der Waals surface area contributed by atoms with Crippen LogP contribution in [0.2, 0.25) is 0 Å². The van der Waals surface area contributed by atoms with E-state index < -0.39 is 99.9 Å². The Morgan fingerprint density at radius 1 is 0.716 bits per heavy atom. The number of carbonyl (C=O) groups is 2. The lowest BCUT2D eigenvalue weighted by Crippen LogP contribution is -2.42. The van der Waals surface area contributed by atoms with Crippen molar-refractivity contribution in [2.24, 2.45) is 5.73 Å². The van der Waals surface area contributed by atoms with E-state index in [-0.39, 0.29) is 59.1 Å². The summed E-state index contributed by atoms with van der Waals surface area (Å²) in [5.41, 5.74) is 15.4. The second-order valence-corrected chi connectivity index (χ2v) is 20.0. The Morgan fingerprint density at radius 3 is 1.49 bits per heavy atom. The number of nitrogens with one attached hydrogen (secondary N) is 1. The summed E-state index contributed by atoms with van der Waals surface area (Å²) in [6, 6.07) is 1.09. The summed E-state index contributed by atoms with van der Waals surface area (Å²) in [5, 5.41) is 2.94. The van der Waals surface area contributed by atoms with Crippen molar-refractivity contribution in [1.29, 1.82) is 0 Å². The average molecular weight is 1010 g/mol. The number of aromatic nitrogens is 4. The maximum absolute atomic E-state index is 13.9. The van der Waals surface area contributed by atoms with Gasteiger partial charge in [-0.2, -0.15) is 13.8 Å². The molecule has 67 heavy (non-hydrogen) atoms. The first-order valence-electron chi connectivity index (χ1n) is 19.4. The number of hydrogen-bond donors (Lipinski definition) is 4. The number of nitrogens with two attached hydrogens (primary N) is 3. The van der Waals surface area contributed by atoms with Crippen LogP contribution in [0.3, 0.4) is 0 Å². The molecule has 19 nitrogen and oxygen atoms in total. The minimum absolute atomic E-state index is 0. The fourth-order valence-corrected chi connectivity index (χ4v) is 8.71. The summed E-state index contributed by atoms with van der Waals surface area (Å²) >= 11 is 0. The van der Waals surface area contributed by atoms with Gasteiger partial charge in [0, 0.05) is 56.4 Å². The third-order valence-electron chi connectivity index (χ3n) is 9.93. The third kappa shape index (κ3) is 13.8. The van der Waals surface area contributed by atoms with E-state index >= 15 is 0 Å². The molecule has 7 N–H and O–H groups in total. The summed E-state index contributed by atoms with van der Waals surface area (Å²) in [4.78, 5) is 40.7. The van der Waals surface area contributed by atoms with E-state index in [1.54, 1.807) is 6.92 Å². The Kier molecular flexibility index (Phi) is 19.5. The standard InChI is InChI=1S/C18H20F3N5O4S.C14H12F3N3O3S.C6H14N2O2S.CH4/c1-30-16-10(7-12(19)13(20)14(16)21)15(27)11-8-23-18(25-17(11)22)24-9-3-5-26(6-4-9)31(2,28)29;1-3-24(22)14-19-5-7(13(18)20-14)11(21)6-4-8(15)9(16)10(17)12(6)23-2;1-11(9,10)8-4-2-6(7)3-5-8;/h7-9H,3-6H2,1-2H3,(H3,22,23,24,25);4-5H,3H2,1-2H3,(H2,18,19,20);6H,2-5,7H2,1H3;1H4. The summed E-state index contributed by atoms with van der Waals surface area (Å²) in [7, 11) is -5.71. The first kappa shape index (κ1) is 55.8. The maximum Gasteiger partial charge on any atom is 0.224 e. The van der Waals surface area contributed by atoms with Gasteiger partial charge in [-0.3, -0.25) is 13.8 Å². The Hall–Kier alpha value is -5.55. The van der Waals surface area contributed by atoms with E-state index in [0.29, 0.717) is 51.2 Å². The summed E-state index contributed by atoms with van der Waals surface area (Å²) in [6.07, 6.45) is 7.06. The maximum atomic E-state index is 13.9. The fraction of sp³-hybridized carbons (Fsp3) is 0.436. The zero-order valence-corrected chi connectivity index (χ0v) is 38.4. The van der Waals surface area contributed by atoms with Gasteiger partial charge in [-0.1, -0.05) is 14.4 Å². The van der Waals surface area contributed by atoms with Gasteiger partial charge in [-0.25, -0.2) is 58.0 Å². The molecule has 2 fully saturated rings. The lowest BCUT2D eigenvalue weighted by Gasteiger charge is -2.30. The van der Waals surface area contributed by atoms with Crippen LogP contribution >= 0.6 is 0 Å². The zero-order chi connectivity index (χ0) is 49.4. The number of sulfonamides is 2. The average Bonchev–Trinajstić information content (AvgIpc) is 3.26. The minimum atomic E-state index is -3.26. The van der Waals surface area contributed by atoms with Gasteiger partial charge in [0.2, 0.25) is 54.4 Å². The lowest BCUT2D eigenvalue weighted by atomic mass is 10.0. The zero-order valence-electron chi connectivity index (χ0n) is 35.9. The molecule has 0 radical (unpaired) electrons. The molecule has 0 saturated carbocycles. The minimum Gasteiger partial charge on any atom is -0.493 e. The van der Waals surface area contributed by atoms with Crippen molar-refractivity contribution < 1.29 is 66.4 Å². The number of ether oxygens (including phenoxy) is 2. The van der Waals surface area contributed by atoms with Gasteiger partial charge in [0.1, 0.15) is 11.6 Å². The number of rotatable bonds is 12. The molecule has 2 aromatic heterocycles. The monoisotopic (exact) mass is 1010 g/mol. The Balaban J connectivity index is 0.000000292. The van der Waals surface area contributed by atoms with Gasteiger partial charge in [-0.15, -0.1) is 0 Å². The SMILES string of the molecule is C.CCS(=O)c1ncc(C(=O)c2cc(F)c(F)c(F)c2OC)c(N)n1.COc1c(C(=O)c2cnc(NC3CCN(S(C)(=O)=O)CC3)nc2N)cc(F)c(F)c1F.CS(=O)(=O)N1CCC(N)CC1. The first-order chi connectivity index (χ1) is 30.8. The van der Waals surface area contributed by atoms with Crippen LogP contribution in [-0.4, -0.2) is 132 Å². The number of nitrogen functional groups attached to an aromatic ring is 2. The lowest BCUT2D eigenvalue weighted by molar-refractivity contribution is 0.102. The van der Waals surface area contributed by atoms with Gasteiger partial charge in [0.05, 0.1) is 59.8 Å². The van der Waals surface area contributed by atoms with Crippen molar-refractivity contribution >= 4 is 60.0 Å². The fourth-order valence-electron chi connectivity index (χ4n) is 6.34. The van der Waals surface area contributed by atoms with Crippen molar-refractivity contribution in [3.63, 3.8) is 0 Å². The highest BCUT2D eigenvalue weighted by atomic mass is 32.2. The molecule has 4 heterocycles.